The molecule has 0 saturated carbocycles. The average Bonchev–Trinajstić information content (AvgIpc) is 3.26. The van der Waals surface area contributed by atoms with Gasteiger partial charge in [0.25, 0.3) is 5.91 Å². The van der Waals surface area contributed by atoms with Crippen LogP contribution >= 0.6 is 0 Å². The third-order valence-electron chi connectivity index (χ3n) is 4.62. The van der Waals surface area contributed by atoms with Crippen molar-refractivity contribution in [3.05, 3.63) is 77.0 Å². The third-order valence-corrected chi connectivity index (χ3v) is 4.62. The average molecular weight is 388 g/mol. The van der Waals surface area contributed by atoms with Crippen molar-refractivity contribution in [3.63, 3.8) is 0 Å². The van der Waals surface area contributed by atoms with Crippen molar-refractivity contribution in [2.75, 3.05) is 7.11 Å². The number of methoxy groups -OCH3 is 1. The predicted molar refractivity (Wildman–Crippen MR) is 108 cm³/mol. The van der Waals surface area contributed by atoms with E-state index in [0.29, 0.717) is 5.57 Å². The van der Waals surface area contributed by atoms with Crippen molar-refractivity contribution in [2.24, 2.45) is 4.99 Å². The minimum absolute atomic E-state index is 0.0464. The molecule has 144 valence electrons. The van der Waals surface area contributed by atoms with Gasteiger partial charge in [-0.15, -0.1) is 0 Å². The van der Waals surface area contributed by atoms with Crippen LogP contribution in [0.25, 0.3) is 11.6 Å². The number of hydrogen-bond acceptors (Lipinski definition) is 6. The van der Waals surface area contributed by atoms with Gasteiger partial charge in [-0.2, -0.15) is 0 Å². The van der Waals surface area contributed by atoms with E-state index >= 15 is 0 Å². The van der Waals surface area contributed by atoms with Gasteiger partial charge < -0.3 is 14.9 Å². The van der Waals surface area contributed by atoms with Crippen LogP contribution in [0.1, 0.15) is 32.0 Å². The standard InChI is InChI=1S/C22H16N2O5/c1-29-22(28)18-19(25)17(11-14-12-23-16-10-6-5-9-15(14)16)24(21(18)27)20(26)13-7-3-2-4-8-13/h2-12,25,27H,1H3/b14-11+. The van der Waals surface area contributed by atoms with Crippen molar-refractivity contribution in [2.45, 2.75) is 0 Å². The first-order valence-electron chi connectivity index (χ1n) is 8.72. The number of benzene rings is 2. The van der Waals surface area contributed by atoms with Crippen LogP contribution in [0.15, 0.2) is 59.6 Å². The molecule has 1 aromatic heterocycles. The van der Waals surface area contributed by atoms with Crippen LogP contribution in [0.3, 0.4) is 0 Å². The molecular formula is C22H16N2O5. The van der Waals surface area contributed by atoms with Gasteiger partial charge in [-0.1, -0.05) is 36.4 Å². The van der Waals surface area contributed by atoms with E-state index in [4.69, 9.17) is 0 Å². The number of nitrogens with zero attached hydrogens (tertiary/aromatic N) is 2. The maximum absolute atomic E-state index is 13.1. The summed E-state index contributed by atoms with van der Waals surface area (Å²) in [5, 5.41) is 21.3. The topological polar surface area (TPSA) is 101 Å². The first kappa shape index (κ1) is 18.2. The predicted octanol–water partition coefficient (Wildman–Crippen LogP) is 3.63. The van der Waals surface area contributed by atoms with E-state index in [2.05, 4.69) is 9.73 Å². The number of aromatic nitrogens is 1. The molecule has 0 radical (unpaired) electrons. The highest BCUT2D eigenvalue weighted by Crippen LogP contribution is 2.39. The van der Waals surface area contributed by atoms with Crippen molar-refractivity contribution >= 4 is 35.4 Å². The van der Waals surface area contributed by atoms with Crippen LogP contribution in [0, 0.1) is 0 Å². The summed E-state index contributed by atoms with van der Waals surface area (Å²) in [4.78, 5) is 29.5. The van der Waals surface area contributed by atoms with Gasteiger partial charge in [0.2, 0.25) is 5.88 Å². The highest BCUT2D eigenvalue weighted by atomic mass is 16.5. The molecular weight excluding hydrogens is 372 g/mol. The van der Waals surface area contributed by atoms with Crippen LogP contribution in [-0.2, 0) is 4.74 Å². The normalized spacial score (nSPS) is 13.5. The van der Waals surface area contributed by atoms with E-state index in [-0.39, 0.29) is 11.3 Å². The number of para-hydroxylation sites is 1. The highest BCUT2D eigenvalue weighted by Gasteiger charge is 2.31. The van der Waals surface area contributed by atoms with E-state index in [1.165, 1.54) is 6.08 Å². The van der Waals surface area contributed by atoms with E-state index < -0.39 is 29.1 Å². The number of hydrogen-bond donors (Lipinski definition) is 2. The lowest BCUT2D eigenvalue weighted by atomic mass is 10.1. The Hall–Kier alpha value is -4.13. The molecule has 0 aliphatic carbocycles. The lowest BCUT2D eigenvalue weighted by Crippen LogP contribution is -2.13. The number of ether oxygens (including phenoxy) is 1. The van der Waals surface area contributed by atoms with E-state index in [1.807, 2.05) is 24.3 Å². The Morgan fingerprint density at radius 3 is 2.45 bits per heavy atom. The molecule has 0 saturated heterocycles. The fraction of sp³-hybridized carbons (Fsp3) is 0.0455. The molecule has 2 heterocycles. The second-order valence-corrected chi connectivity index (χ2v) is 6.31. The summed E-state index contributed by atoms with van der Waals surface area (Å²) in [5.41, 5.74) is 1.90. The molecule has 7 nitrogen and oxygen atoms in total. The summed E-state index contributed by atoms with van der Waals surface area (Å²) < 4.78 is 5.53. The summed E-state index contributed by atoms with van der Waals surface area (Å²) in [5.74, 6) is -2.81. The quantitative estimate of drug-likeness (QED) is 0.667. The van der Waals surface area contributed by atoms with Crippen molar-refractivity contribution in [1.29, 1.82) is 0 Å². The van der Waals surface area contributed by atoms with Crippen LogP contribution in [-0.4, -0.2) is 40.0 Å². The number of aromatic hydroxyl groups is 2. The maximum atomic E-state index is 13.1. The number of rotatable bonds is 3. The van der Waals surface area contributed by atoms with Gasteiger partial charge in [0.05, 0.1) is 18.5 Å². The molecule has 1 aliphatic rings. The second-order valence-electron chi connectivity index (χ2n) is 6.31. The Bertz CT molecular complexity index is 1190. The molecule has 0 unspecified atom stereocenters. The van der Waals surface area contributed by atoms with Crippen LogP contribution < -0.4 is 0 Å². The van der Waals surface area contributed by atoms with E-state index in [0.717, 1.165) is 22.9 Å². The maximum Gasteiger partial charge on any atom is 0.347 e. The van der Waals surface area contributed by atoms with Gasteiger partial charge in [-0.05, 0) is 24.3 Å². The number of carbonyl (C=O) groups excluding carboxylic acids is 2. The zero-order valence-electron chi connectivity index (χ0n) is 15.4. The molecule has 0 spiro atoms. The van der Waals surface area contributed by atoms with Crippen LogP contribution in [0.5, 0.6) is 11.6 Å². The summed E-state index contributed by atoms with van der Waals surface area (Å²) in [6, 6.07) is 15.6. The first-order valence-corrected chi connectivity index (χ1v) is 8.72. The number of fused-ring (bicyclic) bond motifs is 1. The van der Waals surface area contributed by atoms with Crippen molar-refractivity contribution < 1.29 is 24.5 Å². The van der Waals surface area contributed by atoms with Gasteiger partial charge in [-0.3, -0.25) is 9.79 Å². The minimum Gasteiger partial charge on any atom is -0.505 e. The lowest BCUT2D eigenvalue weighted by molar-refractivity contribution is 0.0594. The smallest absolute Gasteiger partial charge is 0.347 e. The monoisotopic (exact) mass is 388 g/mol. The molecule has 3 aromatic rings. The lowest BCUT2D eigenvalue weighted by Gasteiger charge is -2.08. The van der Waals surface area contributed by atoms with Gasteiger partial charge in [-0.25, -0.2) is 9.36 Å². The number of aliphatic imine (C=N–C) groups is 1. The number of carbonyl (C=O) groups is 2. The Morgan fingerprint density at radius 1 is 1.03 bits per heavy atom. The molecule has 2 N–H and O–H groups in total. The summed E-state index contributed by atoms with van der Waals surface area (Å²) in [6.07, 6.45) is 3.08. The van der Waals surface area contributed by atoms with Gasteiger partial charge in [0, 0.05) is 22.9 Å². The van der Waals surface area contributed by atoms with E-state index in [1.54, 1.807) is 36.5 Å². The first-order chi connectivity index (χ1) is 14.0. The summed E-state index contributed by atoms with van der Waals surface area (Å²) >= 11 is 0. The zero-order valence-corrected chi connectivity index (χ0v) is 15.4. The molecule has 0 fully saturated rings. The Labute approximate surface area is 165 Å². The fourth-order valence-corrected chi connectivity index (χ4v) is 3.21. The molecule has 1 aliphatic heterocycles. The zero-order chi connectivity index (χ0) is 20.5. The van der Waals surface area contributed by atoms with Gasteiger partial charge >= 0.3 is 5.97 Å². The SMILES string of the molecule is COC(=O)c1c(O)c(/C=C2\C=Nc3ccccc32)n(C(=O)c2ccccc2)c1O. The number of esters is 1. The van der Waals surface area contributed by atoms with Crippen molar-refractivity contribution in [1.82, 2.24) is 4.57 Å². The van der Waals surface area contributed by atoms with Crippen molar-refractivity contribution in [3.8, 4) is 11.6 Å². The van der Waals surface area contributed by atoms with Gasteiger partial charge in [0.1, 0.15) is 0 Å². The number of allylic oxidation sites excluding steroid dienone is 1. The molecule has 0 atom stereocenters. The molecule has 0 bridgehead atoms. The Morgan fingerprint density at radius 2 is 1.72 bits per heavy atom. The van der Waals surface area contributed by atoms with Gasteiger partial charge in [0.15, 0.2) is 11.3 Å². The second kappa shape index (κ2) is 7.12. The largest absolute Gasteiger partial charge is 0.505 e. The van der Waals surface area contributed by atoms with E-state index in [9.17, 15) is 19.8 Å². The fourth-order valence-electron chi connectivity index (χ4n) is 3.21. The Kier molecular flexibility index (Phi) is 4.48. The molecule has 7 heteroatoms. The highest BCUT2D eigenvalue weighted by molar-refractivity contribution is 6.22. The van der Waals surface area contributed by atoms with Crippen LogP contribution in [0.4, 0.5) is 5.69 Å². The third kappa shape index (κ3) is 2.98. The van der Waals surface area contributed by atoms with Crippen LogP contribution in [0.2, 0.25) is 0 Å². The molecule has 4 rings (SSSR count). The minimum atomic E-state index is -0.959. The molecule has 0 amide bonds. The molecule has 29 heavy (non-hydrogen) atoms. The molecule has 2 aromatic carbocycles. The Balaban J connectivity index is 1.94. The summed E-state index contributed by atoms with van der Waals surface area (Å²) in [6.45, 7) is 0. The summed E-state index contributed by atoms with van der Waals surface area (Å²) in [7, 11) is 1.12.